The molecule has 0 radical (unpaired) electrons. The summed E-state index contributed by atoms with van der Waals surface area (Å²) in [5, 5.41) is 1.08. The summed E-state index contributed by atoms with van der Waals surface area (Å²) in [4.78, 5) is 15.2. The van der Waals surface area contributed by atoms with Gasteiger partial charge in [0, 0.05) is 17.4 Å². The van der Waals surface area contributed by atoms with E-state index in [0.29, 0.717) is 19.1 Å². The van der Waals surface area contributed by atoms with Crippen molar-refractivity contribution >= 4 is 31.8 Å². The number of pyridine rings is 1. The third kappa shape index (κ3) is 3.78. The van der Waals surface area contributed by atoms with Gasteiger partial charge in [-0.3, -0.25) is 0 Å². The molecule has 5 nitrogen and oxygen atoms in total. The summed E-state index contributed by atoms with van der Waals surface area (Å²) in [7, 11) is 0. The number of nitrogens with zero attached hydrogens (tertiary/aromatic N) is 3. The summed E-state index contributed by atoms with van der Waals surface area (Å²) in [6, 6.07) is 2.20. The lowest BCUT2D eigenvalue weighted by Crippen LogP contribution is -2.32. The van der Waals surface area contributed by atoms with Crippen molar-refractivity contribution in [2.45, 2.75) is 72.0 Å². The molecule has 3 aromatic rings. The zero-order valence-corrected chi connectivity index (χ0v) is 17.4. The maximum absolute atomic E-state index is 6.04. The number of hydrogen-bond donors (Lipinski definition) is 0. The topological polar surface area (TPSA) is 57.1 Å². The summed E-state index contributed by atoms with van der Waals surface area (Å²) in [5.74, 6) is 1.44. The summed E-state index contributed by atoms with van der Waals surface area (Å²) in [5.41, 5.74) is 3.09. The summed E-state index contributed by atoms with van der Waals surface area (Å²) >= 11 is 1.64. The maximum Gasteiger partial charge on any atom is 0.235 e. The van der Waals surface area contributed by atoms with Crippen LogP contribution in [0.25, 0.3) is 20.4 Å². The molecule has 4 rings (SSSR count). The Labute approximate surface area is 164 Å². The lowest BCUT2D eigenvalue weighted by molar-refractivity contribution is -0.0411. The second-order valence-corrected chi connectivity index (χ2v) is 8.94. The first kappa shape index (κ1) is 18.6. The highest BCUT2D eigenvalue weighted by Gasteiger charge is 2.28. The van der Waals surface area contributed by atoms with Crippen molar-refractivity contribution in [3.05, 3.63) is 23.1 Å². The third-order valence-corrected chi connectivity index (χ3v) is 6.08. The van der Waals surface area contributed by atoms with E-state index < -0.39 is 0 Å². The van der Waals surface area contributed by atoms with Gasteiger partial charge < -0.3 is 9.47 Å². The third-order valence-electron chi connectivity index (χ3n) is 5.00. The number of aromatic nitrogens is 3. The minimum atomic E-state index is -0.159. The molecular formula is C21H27N3O2S. The molecule has 1 aliphatic rings. The van der Waals surface area contributed by atoms with E-state index in [4.69, 9.17) is 19.4 Å². The zero-order chi connectivity index (χ0) is 19.0. The molecule has 0 atom stereocenters. The molecule has 0 aliphatic carbocycles. The van der Waals surface area contributed by atoms with E-state index >= 15 is 0 Å². The van der Waals surface area contributed by atoms with Gasteiger partial charge in [0.05, 0.1) is 30.0 Å². The molecule has 4 heterocycles. The fraction of sp³-hybridized carbons (Fsp3) is 0.571. The van der Waals surface area contributed by atoms with Crippen LogP contribution in [0.3, 0.4) is 0 Å². The van der Waals surface area contributed by atoms with Gasteiger partial charge in [-0.1, -0.05) is 26.2 Å². The van der Waals surface area contributed by atoms with E-state index in [-0.39, 0.29) is 5.60 Å². The Morgan fingerprint density at radius 2 is 2.04 bits per heavy atom. The molecule has 144 valence electrons. The van der Waals surface area contributed by atoms with Crippen LogP contribution in [0.15, 0.2) is 6.07 Å². The van der Waals surface area contributed by atoms with Crippen LogP contribution >= 0.6 is 11.3 Å². The highest BCUT2D eigenvalue weighted by atomic mass is 32.1. The fourth-order valence-electron chi connectivity index (χ4n) is 3.53. The number of unbranched alkanes of at least 4 members (excludes halogenated alkanes) is 3. The molecule has 0 spiro atoms. The maximum atomic E-state index is 6.04. The van der Waals surface area contributed by atoms with Gasteiger partial charge in [0.15, 0.2) is 0 Å². The predicted molar refractivity (Wildman–Crippen MR) is 110 cm³/mol. The van der Waals surface area contributed by atoms with Gasteiger partial charge in [-0.15, -0.1) is 11.3 Å². The monoisotopic (exact) mass is 385 g/mol. The van der Waals surface area contributed by atoms with E-state index in [1.165, 1.54) is 24.8 Å². The molecule has 1 aliphatic heterocycles. The summed E-state index contributed by atoms with van der Waals surface area (Å²) in [6.07, 6.45) is 5.56. The largest absolute Gasteiger partial charge is 0.477 e. The average molecular weight is 386 g/mol. The standard InChI is InChI=1S/C21H27N3O2S/c1-5-6-7-8-9-25-19-18-17(22-13(2)23-19)15-10-14-12-26-21(3,4)11-16(14)24-20(15)27-18/h10H,5-9,11-12H2,1-4H3. The van der Waals surface area contributed by atoms with Gasteiger partial charge in [-0.05, 0) is 33.3 Å². The van der Waals surface area contributed by atoms with Gasteiger partial charge in [0.2, 0.25) is 5.88 Å². The van der Waals surface area contributed by atoms with Crippen molar-refractivity contribution in [1.29, 1.82) is 0 Å². The summed E-state index contributed by atoms with van der Waals surface area (Å²) in [6.45, 7) is 9.68. The summed E-state index contributed by atoms with van der Waals surface area (Å²) < 4.78 is 13.0. The van der Waals surface area contributed by atoms with E-state index in [1.54, 1.807) is 11.3 Å². The van der Waals surface area contributed by atoms with Crippen molar-refractivity contribution in [1.82, 2.24) is 15.0 Å². The van der Waals surface area contributed by atoms with Crippen LogP contribution in [0.2, 0.25) is 0 Å². The van der Waals surface area contributed by atoms with Gasteiger partial charge in [0.25, 0.3) is 0 Å². The minimum absolute atomic E-state index is 0.159. The minimum Gasteiger partial charge on any atom is -0.477 e. The number of thiophene rings is 1. The highest BCUT2D eigenvalue weighted by Crippen LogP contribution is 2.39. The van der Waals surface area contributed by atoms with Gasteiger partial charge in [-0.2, -0.15) is 4.98 Å². The highest BCUT2D eigenvalue weighted by molar-refractivity contribution is 7.25. The van der Waals surface area contributed by atoms with Crippen LogP contribution in [-0.2, 0) is 17.8 Å². The Morgan fingerprint density at radius 1 is 1.19 bits per heavy atom. The fourth-order valence-corrected chi connectivity index (χ4v) is 4.59. The van der Waals surface area contributed by atoms with Gasteiger partial charge >= 0.3 is 0 Å². The molecule has 0 unspecified atom stereocenters. The SMILES string of the molecule is CCCCCCOc1nc(C)nc2c1sc1nc3c(cc12)COC(C)(C)C3. The number of aryl methyl sites for hydroxylation is 1. The molecular weight excluding hydrogens is 358 g/mol. The molecule has 6 heteroatoms. The second kappa shape index (κ2) is 7.32. The molecule has 3 aromatic heterocycles. The van der Waals surface area contributed by atoms with Crippen molar-refractivity contribution < 1.29 is 9.47 Å². The molecule has 0 bridgehead atoms. The van der Waals surface area contributed by atoms with Gasteiger partial charge in [-0.25, -0.2) is 9.97 Å². The average Bonchev–Trinajstić information content (AvgIpc) is 2.96. The van der Waals surface area contributed by atoms with Crippen LogP contribution in [-0.4, -0.2) is 27.2 Å². The lowest BCUT2D eigenvalue weighted by atomic mass is 9.95. The van der Waals surface area contributed by atoms with Gasteiger partial charge in [0.1, 0.15) is 15.4 Å². The van der Waals surface area contributed by atoms with Crippen molar-refractivity contribution in [3.63, 3.8) is 0 Å². The Kier molecular flexibility index (Phi) is 5.03. The van der Waals surface area contributed by atoms with Crippen LogP contribution in [0.5, 0.6) is 5.88 Å². The second-order valence-electron chi connectivity index (χ2n) is 7.94. The number of rotatable bonds is 6. The molecule has 0 saturated heterocycles. The van der Waals surface area contributed by atoms with Crippen molar-refractivity contribution in [2.75, 3.05) is 6.61 Å². The molecule has 0 fully saturated rings. The normalized spacial score (nSPS) is 16.0. The number of hydrogen-bond acceptors (Lipinski definition) is 6. The first-order valence-electron chi connectivity index (χ1n) is 9.83. The number of fused-ring (bicyclic) bond motifs is 4. The zero-order valence-electron chi connectivity index (χ0n) is 16.6. The quantitative estimate of drug-likeness (QED) is 0.535. The molecule has 0 saturated carbocycles. The molecule has 0 amide bonds. The van der Waals surface area contributed by atoms with Crippen LogP contribution in [0.1, 0.15) is 63.5 Å². The Hall–Kier alpha value is -1.79. The Balaban J connectivity index is 1.71. The van der Waals surface area contributed by atoms with E-state index in [1.807, 2.05) is 6.92 Å². The molecule has 0 N–H and O–H groups in total. The first-order valence-corrected chi connectivity index (χ1v) is 10.6. The van der Waals surface area contributed by atoms with E-state index in [0.717, 1.165) is 44.8 Å². The van der Waals surface area contributed by atoms with Crippen LogP contribution in [0, 0.1) is 6.92 Å². The smallest absolute Gasteiger partial charge is 0.235 e. The van der Waals surface area contributed by atoms with Crippen LogP contribution < -0.4 is 4.74 Å². The first-order chi connectivity index (χ1) is 13.0. The van der Waals surface area contributed by atoms with E-state index in [9.17, 15) is 0 Å². The predicted octanol–water partition coefficient (Wildman–Crippen LogP) is 5.36. The van der Waals surface area contributed by atoms with Crippen molar-refractivity contribution in [3.8, 4) is 5.88 Å². The van der Waals surface area contributed by atoms with Crippen molar-refractivity contribution in [2.24, 2.45) is 0 Å². The Morgan fingerprint density at radius 3 is 2.85 bits per heavy atom. The Bertz CT molecular complexity index is 981. The lowest BCUT2D eigenvalue weighted by Gasteiger charge is -2.30. The molecule has 27 heavy (non-hydrogen) atoms. The van der Waals surface area contributed by atoms with E-state index in [2.05, 4.69) is 31.8 Å². The molecule has 0 aromatic carbocycles. The number of ether oxygens (including phenoxy) is 2. The van der Waals surface area contributed by atoms with Crippen LogP contribution in [0.4, 0.5) is 0 Å².